The highest BCUT2D eigenvalue weighted by Gasteiger charge is 2.18. The Balaban J connectivity index is 2.63. The maximum absolute atomic E-state index is 11.7. The molecule has 1 rings (SSSR count). The van der Waals surface area contributed by atoms with Gasteiger partial charge in [0.2, 0.25) is 0 Å². The maximum Gasteiger partial charge on any atom is 0.334 e. The smallest absolute Gasteiger partial charge is 0.334 e. The highest BCUT2D eigenvalue weighted by Crippen LogP contribution is 2.14. The summed E-state index contributed by atoms with van der Waals surface area (Å²) in [4.78, 5) is 11.7. The molecule has 18 heavy (non-hydrogen) atoms. The van der Waals surface area contributed by atoms with Gasteiger partial charge in [-0.3, -0.25) is 0 Å². The summed E-state index contributed by atoms with van der Waals surface area (Å²) < 4.78 is 5.26. The molecule has 1 aromatic carbocycles. The Bertz CT molecular complexity index is 447. The van der Waals surface area contributed by atoms with Crippen LogP contribution in [0.3, 0.4) is 0 Å². The van der Waals surface area contributed by atoms with Crippen molar-refractivity contribution in [1.82, 2.24) is 0 Å². The second-order valence-electron chi connectivity index (χ2n) is 5.23. The number of benzene rings is 1. The van der Waals surface area contributed by atoms with Crippen molar-refractivity contribution in [2.75, 3.05) is 0 Å². The fraction of sp³-hybridized carbons (Fsp3) is 0.312. The van der Waals surface area contributed by atoms with Crippen molar-refractivity contribution < 1.29 is 9.53 Å². The first-order chi connectivity index (χ1) is 8.31. The predicted octanol–water partition coefficient (Wildman–Crippen LogP) is 3.77. The minimum atomic E-state index is -0.479. The van der Waals surface area contributed by atoms with Crippen LogP contribution >= 0.6 is 0 Å². The lowest BCUT2D eigenvalue weighted by Crippen LogP contribution is -2.25. The van der Waals surface area contributed by atoms with Crippen LogP contribution in [0.5, 0.6) is 0 Å². The number of esters is 1. The molecule has 0 spiro atoms. The van der Waals surface area contributed by atoms with Gasteiger partial charge in [0.15, 0.2) is 0 Å². The quantitative estimate of drug-likeness (QED) is 0.595. The molecule has 1 aromatic rings. The molecule has 0 amide bonds. The van der Waals surface area contributed by atoms with E-state index in [4.69, 9.17) is 4.74 Å². The molecular formula is C16H20O2. The van der Waals surface area contributed by atoms with Crippen LogP contribution in [-0.4, -0.2) is 11.6 Å². The largest absolute Gasteiger partial charge is 0.457 e. The Labute approximate surface area is 109 Å². The fourth-order valence-electron chi connectivity index (χ4n) is 1.44. The zero-order chi connectivity index (χ0) is 13.8. The third-order valence-corrected chi connectivity index (χ3v) is 2.32. The average Bonchev–Trinajstić information content (AvgIpc) is 2.27. The average molecular weight is 244 g/mol. The predicted molar refractivity (Wildman–Crippen MR) is 75.2 cm³/mol. The van der Waals surface area contributed by atoms with Crippen LogP contribution < -0.4 is 0 Å². The molecule has 0 saturated carbocycles. The summed E-state index contributed by atoms with van der Waals surface area (Å²) in [5.74, 6) is -0.338. The monoisotopic (exact) mass is 244 g/mol. The SMILES string of the molecule is C=Cc1ccc(CC(=C)C(=O)OC(C)(C)C)cc1. The summed E-state index contributed by atoms with van der Waals surface area (Å²) in [5.41, 5.74) is 2.08. The van der Waals surface area contributed by atoms with Crippen LogP contribution in [0.25, 0.3) is 6.08 Å². The topological polar surface area (TPSA) is 26.3 Å². The summed E-state index contributed by atoms with van der Waals surface area (Å²) in [6.07, 6.45) is 2.29. The minimum absolute atomic E-state index is 0.338. The van der Waals surface area contributed by atoms with Gasteiger partial charge in [-0.25, -0.2) is 4.79 Å². The molecule has 0 aliphatic rings. The molecule has 0 bridgehead atoms. The summed E-state index contributed by atoms with van der Waals surface area (Å²) >= 11 is 0. The molecule has 0 heterocycles. The first-order valence-corrected chi connectivity index (χ1v) is 5.94. The van der Waals surface area contributed by atoms with Crippen molar-refractivity contribution in [3.05, 3.63) is 54.1 Å². The number of rotatable bonds is 4. The first-order valence-electron chi connectivity index (χ1n) is 5.94. The van der Waals surface area contributed by atoms with Gasteiger partial charge in [0, 0.05) is 12.0 Å². The minimum Gasteiger partial charge on any atom is -0.457 e. The second-order valence-corrected chi connectivity index (χ2v) is 5.23. The van der Waals surface area contributed by atoms with Gasteiger partial charge in [0.25, 0.3) is 0 Å². The van der Waals surface area contributed by atoms with E-state index in [2.05, 4.69) is 13.2 Å². The molecule has 0 unspecified atom stereocenters. The van der Waals surface area contributed by atoms with Crippen LogP contribution in [0.2, 0.25) is 0 Å². The summed E-state index contributed by atoms with van der Waals surface area (Å²) in [7, 11) is 0. The van der Waals surface area contributed by atoms with Crippen LogP contribution in [-0.2, 0) is 16.0 Å². The first kappa shape index (κ1) is 14.2. The normalized spacial score (nSPS) is 10.8. The van der Waals surface area contributed by atoms with Crippen LogP contribution in [0.15, 0.2) is 43.0 Å². The summed E-state index contributed by atoms with van der Waals surface area (Å²) in [5, 5.41) is 0. The van der Waals surface area contributed by atoms with Gasteiger partial charge in [-0.1, -0.05) is 43.5 Å². The van der Waals surface area contributed by atoms with Crippen molar-refractivity contribution in [2.45, 2.75) is 32.8 Å². The van der Waals surface area contributed by atoms with Gasteiger partial charge in [0.1, 0.15) is 5.60 Å². The maximum atomic E-state index is 11.7. The van der Waals surface area contributed by atoms with E-state index in [1.165, 1.54) is 0 Å². The number of hydrogen-bond donors (Lipinski definition) is 0. The van der Waals surface area contributed by atoms with Crippen molar-refractivity contribution in [3.8, 4) is 0 Å². The molecule has 0 radical (unpaired) electrons. The second kappa shape index (κ2) is 5.67. The van der Waals surface area contributed by atoms with Gasteiger partial charge < -0.3 is 4.74 Å². The number of carbonyl (C=O) groups excluding carboxylic acids is 1. The van der Waals surface area contributed by atoms with Crippen molar-refractivity contribution in [1.29, 1.82) is 0 Å². The Morgan fingerprint density at radius 3 is 2.28 bits per heavy atom. The molecule has 0 N–H and O–H groups in total. The lowest BCUT2D eigenvalue weighted by atomic mass is 10.0. The summed E-state index contributed by atoms with van der Waals surface area (Å²) in [6.45, 7) is 13.0. The highest BCUT2D eigenvalue weighted by atomic mass is 16.6. The van der Waals surface area contributed by atoms with E-state index in [0.717, 1.165) is 11.1 Å². The van der Waals surface area contributed by atoms with Gasteiger partial charge in [-0.2, -0.15) is 0 Å². The fourth-order valence-corrected chi connectivity index (χ4v) is 1.44. The van der Waals surface area contributed by atoms with E-state index in [-0.39, 0.29) is 5.97 Å². The summed E-state index contributed by atoms with van der Waals surface area (Å²) in [6, 6.07) is 7.86. The number of carbonyl (C=O) groups is 1. The van der Waals surface area contributed by atoms with Gasteiger partial charge in [-0.15, -0.1) is 0 Å². The Morgan fingerprint density at radius 2 is 1.83 bits per heavy atom. The lowest BCUT2D eigenvalue weighted by molar-refractivity contribution is -0.149. The molecule has 0 atom stereocenters. The highest BCUT2D eigenvalue weighted by molar-refractivity contribution is 5.88. The molecule has 0 aliphatic carbocycles. The molecule has 2 heteroatoms. The van der Waals surface area contributed by atoms with Crippen LogP contribution in [0, 0.1) is 0 Å². The Morgan fingerprint density at radius 1 is 1.28 bits per heavy atom. The Hall–Kier alpha value is -1.83. The van der Waals surface area contributed by atoms with E-state index in [1.54, 1.807) is 6.08 Å². The molecule has 0 aromatic heterocycles. The van der Waals surface area contributed by atoms with E-state index < -0.39 is 5.60 Å². The number of ether oxygens (including phenoxy) is 1. The van der Waals surface area contributed by atoms with E-state index >= 15 is 0 Å². The molecule has 2 nitrogen and oxygen atoms in total. The van der Waals surface area contributed by atoms with E-state index in [9.17, 15) is 4.79 Å². The van der Waals surface area contributed by atoms with Crippen molar-refractivity contribution >= 4 is 12.0 Å². The van der Waals surface area contributed by atoms with Gasteiger partial charge >= 0.3 is 5.97 Å². The third kappa shape index (κ3) is 4.58. The molecule has 96 valence electrons. The Kier molecular flexibility index (Phi) is 4.49. The van der Waals surface area contributed by atoms with Crippen molar-refractivity contribution in [3.63, 3.8) is 0 Å². The van der Waals surface area contributed by atoms with Gasteiger partial charge in [-0.05, 0) is 31.9 Å². The number of hydrogen-bond acceptors (Lipinski definition) is 2. The van der Waals surface area contributed by atoms with E-state index in [0.29, 0.717) is 12.0 Å². The molecule has 0 aliphatic heterocycles. The van der Waals surface area contributed by atoms with Crippen LogP contribution in [0.1, 0.15) is 31.9 Å². The third-order valence-electron chi connectivity index (χ3n) is 2.32. The lowest BCUT2D eigenvalue weighted by Gasteiger charge is -2.20. The van der Waals surface area contributed by atoms with Gasteiger partial charge in [0.05, 0.1) is 0 Å². The molecule has 0 saturated heterocycles. The zero-order valence-electron chi connectivity index (χ0n) is 11.3. The molecule has 0 fully saturated rings. The van der Waals surface area contributed by atoms with Crippen molar-refractivity contribution in [2.24, 2.45) is 0 Å². The van der Waals surface area contributed by atoms with Crippen LogP contribution in [0.4, 0.5) is 0 Å². The zero-order valence-corrected chi connectivity index (χ0v) is 11.3. The van der Waals surface area contributed by atoms with E-state index in [1.807, 2.05) is 45.0 Å². The molecular weight excluding hydrogens is 224 g/mol. The standard InChI is InChI=1S/C16H20O2/c1-6-13-7-9-14(10-8-13)11-12(2)15(17)18-16(3,4)5/h6-10H,1-2,11H2,3-5H3.